The first kappa shape index (κ1) is 18.1. The van der Waals surface area contributed by atoms with E-state index in [1.54, 1.807) is 0 Å². The van der Waals surface area contributed by atoms with Gasteiger partial charge in [-0.2, -0.15) is 13.2 Å². The van der Waals surface area contributed by atoms with Crippen LogP contribution < -0.4 is 10.5 Å². The molecule has 26 heavy (non-hydrogen) atoms. The summed E-state index contributed by atoms with van der Waals surface area (Å²) in [6, 6.07) is 2.60. The molecule has 1 N–H and O–H groups in total. The van der Waals surface area contributed by atoms with Crippen molar-refractivity contribution in [2.24, 2.45) is 0 Å². The standard InChI is InChI=1S/C14H7ClF5N3O3/c15-6-2-1-5(10-9(6)23-13(24)26-10)7-3-21-12(25-4-8(16)17)11(22-7)14(18,19)20/h1-3,8H,4H2,(H,23,24). The Balaban J connectivity index is 2.15. The number of halogens is 6. The zero-order chi connectivity index (χ0) is 19.1. The molecule has 12 heteroatoms. The maximum absolute atomic E-state index is 13.2. The summed E-state index contributed by atoms with van der Waals surface area (Å²) >= 11 is 5.89. The maximum Gasteiger partial charge on any atom is 0.438 e. The molecule has 0 unspecified atom stereocenters. The molecule has 1 aromatic carbocycles. The zero-order valence-electron chi connectivity index (χ0n) is 12.4. The second kappa shape index (κ2) is 6.56. The highest BCUT2D eigenvalue weighted by Crippen LogP contribution is 2.37. The van der Waals surface area contributed by atoms with Gasteiger partial charge in [-0.05, 0) is 12.1 Å². The van der Waals surface area contributed by atoms with Gasteiger partial charge < -0.3 is 9.15 Å². The van der Waals surface area contributed by atoms with E-state index < -0.39 is 36.5 Å². The third-order valence-electron chi connectivity index (χ3n) is 3.16. The monoisotopic (exact) mass is 395 g/mol. The molecule has 2 aromatic heterocycles. The van der Waals surface area contributed by atoms with Gasteiger partial charge in [0.1, 0.15) is 5.52 Å². The fourth-order valence-electron chi connectivity index (χ4n) is 2.14. The second-order valence-electron chi connectivity index (χ2n) is 4.92. The molecule has 0 fully saturated rings. The Hall–Kier alpha value is -2.69. The maximum atomic E-state index is 13.2. The van der Waals surface area contributed by atoms with Crippen LogP contribution in [0.15, 0.2) is 27.5 Å². The highest BCUT2D eigenvalue weighted by Gasteiger charge is 2.38. The number of hydrogen-bond acceptors (Lipinski definition) is 5. The van der Waals surface area contributed by atoms with Crippen molar-refractivity contribution >= 4 is 22.7 Å². The summed E-state index contributed by atoms with van der Waals surface area (Å²) < 4.78 is 73.2. The molecule has 0 spiro atoms. The van der Waals surface area contributed by atoms with Crippen molar-refractivity contribution in [3.8, 4) is 17.1 Å². The minimum absolute atomic E-state index is 0.00107. The topological polar surface area (TPSA) is 81.0 Å². The number of aromatic nitrogens is 3. The minimum Gasteiger partial charge on any atom is -0.470 e. The molecule has 0 saturated carbocycles. The fraction of sp³-hybridized carbons (Fsp3) is 0.214. The molecule has 3 aromatic rings. The number of nitrogens with zero attached hydrogens (tertiary/aromatic N) is 2. The van der Waals surface area contributed by atoms with E-state index in [9.17, 15) is 26.7 Å². The molecule has 0 bridgehead atoms. The van der Waals surface area contributed by atoms with E-state index in [-0.39, 0.29) is 27.4 Å². The average molecular weight is 396 g/mol. The molecule has 2 heterocycles. The van der Waals surface area contributed by atoms with E-state index in [1.165, 1.54) is 12.1 Å². The van der Waals surface area contributed by atoms with Crippen LogP contribution in [0, 0.1) is 0 Å². The normalized spacial score (nSPS) is 12.1. The van der Waals surface area contributed by atoms with Crippen LogP contribution in [0.3, 0.4) is 0 Å². The van der Waals surface area contributed by atoms with Crippen LogP contribution in [0.1, 0.15) is 5.69 Å². The molecule has 3 rings (SSSR count). The van der Waals surface area contributed by atoms with E-state index >= 15 is 0 Å². The Morgan fingerprint density at radius 2 is 2.04 bits per heavy atom. The number of H-pyrrole nitrogens is 1. The molecule has 0 aliphatic carbocycles. The summed E-state index contributed by atoms with van der Waals surface area (Å²) in [5.41, 5.74) is -1.95. The molecule has 0 amide bonds. The van der Waals surface area contributed by atoms with Crippen molar-refractivity contribution in [2.75, 3.05) is 6.61 Å². The molecule has 0 saturated heterocycles. The van der Waals surface area contributed by atoms with Gasteiger partial charge in [0.2, 0.25) is 11.6 Å². The predicted octanol–water partition coefficient (Wildman–Crippen LogP) is 3.89. The van der Waals surface area contributed by atoms with Crippen LogP contribution in [0.4, 0.5) is 22.0 Å². The number of ether oxygens (including phenoxy) is 1. The lowest BCUT2D eigenvalue weighted by molar-refractivity contribution is -0.143. The number of rotatable bonds is 4. The highest BCUT2D eigenvalue weighted by atomic mass is 35.5. The van der Waals surface area contributed by atoms with Gasteiger partial charge in [0, 0.05) is 5.56 Å². The van der Waals surface area contributed by atoms with Crippen molar-refractivity contribution in [2.45, 2.75) is 12.6 Å². The number of benzene rings is 1. The Labute approximate surface area is 145 Å². The zero-order valence-corrected chi connectivity index (χ0v) is 13.2. The van der Waals surface area contributed by atoms with Crippen molar-refractivity contribution in [3.05, 3.63) is 39.6 Å². The number of hydrogen-bond donors (Lipinski definition) is 1. The van der Waals surface area contributed by atoms with E-state index in [1.807, 2.05) is 0 Å². The number of alkyl halides is 5. The summed E-state index contributed by atoms with van der Waals surface area (Å²) in [6.07, 6.45) is -7.11. The summed E-state index contributed by atoms with van der Waals surface area (Å²) in [5, 5.41) is 0.107. The number of oxazole rings is 1. The molecule has 138 valence electrons. The first-order chi connectivity index (χ1) is 12.2. The van der Waals surface area contributed by atoms with Crippen LogP contribution >= 0.6 is 11.6 Å². The van der Waals surface area contributed by atoms with Crippen molar-refractivity contribution in [1.29, 1.82) is 0 Å². The molecular weight excluding hydrogens is 389 g/mol. The van der Waals surface area contributed by atoms with E-state index in [4.69, 9.17) is 16.0 Å². The Morgan fingerprint density at radius 3 is 2.69 bits per heavy atom. The first-order valence-corrected chi connectivity index (χ1v) is 7.21. The van der Waals surface area contributed by atoms with Gasteiger partial charge in [-0.3, -0.25) is 4.98 Å². The molecule has 0 atom stereocenters. The Morgan fingerprint density at radius 1 is 1.31 bits per heavy atom. The van der Waals surface area contributed by atoms with Gasteiger partial charge in [-0.15, -0.1) is 0 Å². The van der Waals surface area contributed by atoms with Gasteiger partial charge in [0.25, 0.3) is 6.43 Å². The van der Waals surface area contributed by atoms with Gasteiger partial charge >= 0.3 is 11.9 Å². The smallest absolute Gasteiger partial charge is 0.438 e. The lowest BCUT2D eigenvalue weighted by atomic mass is 10.1. The van der Waals surface area contributed by atoms with Crippen LogP contribution in [0.5, 0.6) is 5.88 Å². The summed E-state index contributed by atoms with van der Waals surface area (Å²) in [6.45, 7) is -1.27. The quantitative estimate of drug-likeness (QED) is 0.678. The summed E-state index contributed by atoms with van der Waals surface area (Å²) in [5.74, 6) is -1.95. The van der Waals surface area contributed by atoms with E-state index in [2.05, 4.69) is 19.7 Å². The van der Waals surface area contributed by atoms with Gasteiger partial charge in [0.15, 0.2) is 12.2 Å². The summed E-state index contributed by atoms with van der Waals surface area (Å²) in [7, 11) is 0. The summed E-state index contributed by atoms with van der Waals surface area (Å²) in [4.78, 5) is 20.5. The van der Waals surface area contributed by atoms with Crippen LogP contribution in [0.25, 0.3) is 22.4 Å². The lowest BCUT2D eigenvalue weighted by Gasteiger charge is -2.13. The SMILES string of the molecule is O=c1[nH]c2c(Cl)ccc(-c3cnc(OCC(F)F)c(C(F)(F)F)n3)c2o1. The number of fused-ring (bicyclic) bond motifs is 1. The molecule has 0 aliphatic heterocycles. The molecule has 0 aliphatic rings. The third-order valence-corrected chi connectivity index (χ3v) is 3.47. The van der Waals surface area contributed by atoms with Crippen LogP contribution in [0.2, 0.25) is 5.02 Å². The van der Waals surface area contributed by atoms with Gasteiger partial charge in [-0.1, -0.05) is 11.6 Å². The van der Waals surface area contributed by atoms with E-state index in [0.717, 1.165) is 6.20 Å². The predicted molar refractivity (Wildman–Crippen MR) is 79.4 cm³/mol. The second-order valence-corrected chi connectivity index (χ2v) is 5.33. The average Bonchev–Trinajstić information content (AvgIpc) is 2.95. The Bertz CT molecular complexity index is 1020. The Kier molecular flexibility index (Phi) is 4.57. The third kappa shape index (κ3) is 3.47. The highest BCUT2D eigenvalue weighted by molar-refractivity contribution is 6.35. The van der Waals surface area contributed by atoms with E-state index in [0.29, 0.717) is 0 Å². The minimum atomic E-state index is -5.01. The van der Waals surface area contributed by atoms with Gasteiger partial charge in [0.05, 0.1) is 16.9 Å². The first-order valence-electron chi connectivity index (χ1n) is 6.83. The lowest BCUT2D eigenvalue weighted by Crippen LogP contribution is -2.16. The molecule has 0 radical (unpaired) electrons. The van der Waals surface area contributed by atoms with Crippen molar-refractivity contribution in [1.82, 2.24) is 15.0 Å². The molecular formula is C14H7ClF5N3O3. The fourth-order valence-corrected chi connectivity index (χ4v) is 2.34. The number of nitrogens with one attached hydrogen (secondary N) is 1. The largest absolute Gasteiger partial charge is 0.470 e. The van der Waals surface area contributed by atoms with Gasteiger partial charge in [-0.25, -0.2) is 23.5 Å². The van der Waals surface area contributed by atoms with Crippen LogP contribution in [-0.4, -0.2) is 28.0 Å². The number of aromatic amines is 1. The van der Waals surface area contributed by atoms with Crippen molar-refractivity contribution < 1.29 is 31.1 Å². The van der Waals surface area contributed by atoms with Crippen LogP contribution in [-0.2, 0) is 6.18 Å². The van der Waals surface area contributed by atoms with Crippen molar-refractivity contribution in [3.63, 3.8) is 0 Å². The molecule has 6 nitrogen and oxygen atoms in total.